The third-order valence-corrected chi connectivity index (χ3v) is 6.28. The van der Waals surface area contributed by atoms with Crippen LogP contribution in [-0.4, -0.2) is 32.9 Å². The number of nitrogens with one attached hydrogen (secondary N) is 1. The van der Waals surface area contributed by atoms with Crippen LogP contribution in [0, 0.1) is 23.3 Å². The number of hydrogen-bond donors (Lipinski definition) is 1. The number of likely N-dealkylation sites (tertiary alicyclic amines) is 1. The SMILES string of the molecule is CC(c1nc2c(F)cc(F)c(F)c2[nH]1)N1CCC(c2ccnc3ccc(F)cc23)CC1. The minimum absolute atomic E-state index is 0.194. The first-order valence-corrected chi connectivity index (χ1v) is 10.2. The summed E-state index contributed by atoms with van der Waals surface area (Å²) in [7, 11) is 0. The molecule has 0 bridgehead atoms. The molecule has 0 saturated carbocycles. The second-order valence-electron chi connectivity index (χ2n) is 8.05. The first kappa shape index (κ1) is 19.9. The summed E-state index contributed by atoms with van der Waals surface area (Å²) >= 11 is 0. The monoisotopic (exact) mass is 428 g/mol. The molecule has 8 heteroatoms. The summed E-state index contributed by atoms with van der Waals surface area (Å²) in [6, 6.07) is 6.87. The number of aromatic nitrogens is 3. The summed E-state index contributed by atoms with van der Waals surface area (Å²) in [5, 5.41) is 0.833. The zero-order valence-electron chi connectivity index (χ0n) is 16.8. The summed E-state index contributed by atoms with van der Waals surface area (Å²) < 4.78 is 55.3. The zero-order chi connectivity index (χ0) is 21.7. The van der Waals surface area contributed by atoms with Crippen molar-refractivity contribution in [1.82, 2.24) is 19.9 Å². The molecule has 0 amide bonds. The number of fused-ring (bicyclic) bond motifs is 2. The van der Waals surface area contributed by atoms with Crippen LogP contribution in [0.4, 0.5) is 17.6 Å². The van der Waals surface area contributed by atoms with Crippen LogP contribution < -0.4 is 0 Å². The van der Waals surface area contributed by atoms with E-state index in [9.17, 15) is 17.6 Å². The van der Waals surface area contributed by atoms with E-state index in [0.717, 1.165) is 42.4 Å². The number of hydrogen-bond acceptors (Lipinski definition) is 3. The van der Waals surface area contributed by atoms with Gasteiger partial charge in [0.2, 0.25) is 0 Å². The van der Waals surface area contributed by atoms with Gasteiger partial charge in [-0.05, 0) is 68.6 Å². The van der Waals surface area contributed by atoms with Crippen LogP contribution >= 0.6 is 0 Å². The van der Waals surface area contributed by atoms with Crippen molar-refractivity contribution >= 4 is 21.9 Å². The van der Waals surface area contributed by atoms with Gasteiger partial charge in [0.15, 0.2) is 17.5 Å². The van der Waals surface area contributed by atoms with Gasteiger partial charge < -0.3 is 4.98 Å². The Morgan fingerprint density at radius 3 is 2.58 bits per heavy atom. The lowest BCUT2D eigenvalue weighted by molar-refractivity contribution is 0.158. The number of rotatable bonds is 3. The first-order chi connectivity index (χ1) is 14.9. The van der Waals surface area contributed by atoms with Gasteiger partial charge >= 0.3 is 0 Å². The molecule has 5 rings (SSSR count). The highest BCUT2D eigenvalue weighted by Crippen LogP contribution is 2.35. The molecule has 1 fully saturated rings. The van der Waals surface area contributed by atoms with Crippen LogP contribution in [0.1, 0.15) is 43.1 Å². The lowest BCUT2D eigenvalue weighted by atomic mass is 9.87. The predicted octanol–water partition coefficient (Wildman–Crippen LogP) is 5.61. The Hall–Kier alpha value is -3.00. The van der Waals surface area contributed by atoms with Gasteiger partial charge in [-0.1, -0.05) is 0 Å². The van der Waals surface area contributed by atoms with Crippen molar-refractivity contribution in [3.63, 3.8) is 0 Å². The van der Waals surface area contributed by atoms with Crippen molar-refractivity contribution in [2.75, 3.05) is 13.1 Å². The number of halogens is 4. The van der Waals surface area contributed by atoms with E-state index < -0.39 is 17.5 Å². The molecule has 2 aromatic carbocycles. The Bertz CT molecular complexity index is 1280. The van der Waals surface area contributed by atoms with Gasteiger partial charge in [-0.2, -0.15) is 0 Å². The number of piperidine rings is 1. The fraction of sp³-hybridized carbons (Fsp3) is 0.304. The quantitative estimate of drug-likeness (QED) is 0.341. The van der Waals surface area contributed by atoms with E-state index in [-0.39, 0.29) is 28.8 Å². The van der Waals surface area contributed by atoms with Crippen molar-refractivity contribution < 1.29 is 17.6 Å². The molecule has 0 aliphatic carbocycles. The van der Waals surface area contributed by atoms with E-state index in [1.165, 1.54) is 12.1 Å². The highest BCUT2D eigenvalue weighted by Gasteiger charge is 2.28. The van der Waals surface area contributed by atoms with E-state index in [4.69, 9.17) is 0 Å². The Morgan fingerprint density at radius 1 is 1.03 bits per heavy atom. The maximum absolute atomic E-state index is 14.0. The van der Waals surface area contributed by atoms with Crippen LogP contribution in [0.25, 0.3) is 21.9 Å². The molecule has 160 valence electrons. The van der Waals surface area contributed by atoms with Crippen molar-refractivity contribution in [2.24, 2.45) is 0 Å². The summed E-state index contributed by atoms with van der Waals surface area (Å²) in [5.41, 5.74) is 1.41. The van der Waals surface area contributed by atoms with Gasteiger partial charge in [0.05, 0.1) is 11.6 Å². The molecule has 31 heavy (non-hydrogen) atoms. The molecule has 0 radical (unpaired) electrons. The molecule has 2 aromatic heterocycles. The molecule has 1 N–H and O–H groups in total. The molecular formula is C23H20F4N4. The molecule has 1 aliphatic rings. The number of aromatic amines is 1. The molecule has 3 heterocycles. The molecule has 4 aromatic rings. The zero-order valence-corrected chi connectivity index (χ0v) is 16.8. The van der Waals surface area contributed by atoms with Gasteiger partial charge in [0.1, 0.15) is 22.7 Å². The van der Waals surface area contributed by atoms with Crippen LogP contribution in [0.15, 0.2) is 36.5 Å². The highest BCUT2D eigenvalue weighted by molar-refractivity contribution is 5.82. The molecule has 1 atom stereocenters. The second kappa shape index (κ2) is 7.60. The van der Waals surface area contributed by atoms with Gasteiger partial charge in [-0.25, -0.2) is 22.5 Å². The first-order valence-electron chi connectivity index (χ1n) is 10.2. The summed E-state index contributed by atoms with van der Waals surface area (Å²) in [6.45, 7) is 3.38. The Balaban J connectivity index is 1.36. The Labute approximate surface area is 175 Å². The third kappa shape index (κ3) is 3.44. The number of imidazole rings is 1. The number of nitrogens with zero attached hydrogens (tertiary/aromatic N) is 3. The fourth-order valence-electron chi connectivity index (χ4n) is 4.55. The summed E-state index contributed by atoms with van der Waals surface area (Å²) in [6.07, 6.45) is 3.44. The Kier molecular flexibility index (Phi) is 4.89. The topological polar surface area (TPSA) is 44.8 Å². The van der Waals surface area contributed by atoms with E-state index >= 15 is 0 Å². The normalized spacial score (nSPS) is 16.9. The van der Waals surface area contributed by atoms with Crippen LogP contribution in [-0.2, 0) is 0 Å². The molecule has 1 aliphatic heterocycles. The van der Waals surface area contributed by atoms with Crippen molar-refractivity contribution in [3.8, 4) is 0 Å². The van der Waals surface area contributed by atoms with Crippen LogP contribution in [0.3, 0.4) is 0 Å². The lowest BCUT2D eigenvalue weighted by Gasteiger charge is -2.35. The number of benzene rings is 2. The summed E-state index contributed by atoms with van der Waals surface area (Å²) in [4.78, 5) is 13.4. The molecule has 0 spiro atoms. The van der Waals surface area contributed by atoms with Gasteiger partial charge in [0, 0.05) is 17.6 Å². The number of pyridine rings is 1. The second-order valence-corrected chi connectivity index (χ2v) is 8.05. The maximum atomic E-state index is 14.0. The highest BCUT2D eigenvalue weighted by atomic mass is 19.2. The van der Waals surface area contributed by atoms with E-state index in [1.807, 2.05) is 13.0 Å². The smallest absolute Gasteiger partial charge is 0.184 e. The van der Waals surface area contributed by atoms with Crippen molar-refractivity contribution in [1.29, 1.82) is 0 Å². The minimum atomic E-state index is -1.24. The predicted molar refractivity (Wildman–Crippen MR) is 110 cm³/mol. The van der Waals surface area contributed by atoms with Crippen LogP contribution in [0.2, 0.25) is 0 Å². The van der Waals surface area contributed by atoms with E-state index in [2.05, 4.69) is 19.9 Å². The fourth-order valence-corrected chi connectivity index (χ4v) is 4.55. The molecular weight excluding hydrogens is 408 g/mol. The molecule has 1 unspecified atom stereocenters. The van der Waals surface area contributed by atoms with Gasteiger partial charge in [0.25, 0.3) is 0 Å². The largest absolute Gasteiger partial charge is 0.338 e. The summed E-state index contributed by atoms with van der Waals surface area (Å²) in [5.74, 6) is -2.89. The average molecular weight is 428 g/mol. The van der Waals surface area contributed by atoms with E-state index in [1.54, 1.807) is 12.3 Å². The van der Waals surface area contributed by atoms with Crippen molar-refractivity contribution in [2.45, 2.75) is 31.7 Å². The van der Waals surface area contributed by atoms with Crippen molar-refractivity contribution in [3.05, 3.63) is 71.2 Å². The molecule has 4 nitrogen and oxygen atoms in total. The van der Waals surface area contributed by atoms with Gasteiger partial charge in [-0.15, -0.1) is 0 Å². The number of H-pyrrole nitrogens is 1. The van der Waals surface area contributed by atoms with Gasteiger partial charge in [-0.3, -0.25) is 9.88 Å². The maximum Gasteiger partial charge on any atom is 0.184 e. The molecule has 1 saturated heterocycles. The Morgan fingerprint density at radius 2 is 1.81 bits per heavy atom. The third-order valence-electron chi connectivity index (χ3n) is 6.28. The average Bonchev–Trinajstić information content (AvgIpc) is 3.23. The lowest BCUT2D eigenvalue weighted by Crippen LogP contribution is -2.35. The standard InChI is InChI=1S/C23H20F4N4/c1-12(23-29-21-18(26)11-17(25)20(27)22(21)30-23)31-8-5-13(6-9-31)15-4-7-28-19-3-2-14(24)10-16(15)19/h2-4,7,10-13H,5-6,8-9H2,1H3,(H,29,30). The van der Waals surface area contributed by atoms with E-state index in [0.29, 0.717) is 11.9 Å². The van der Waals surface area contributed by atoms with Crippen LogP contribution in [0.5, 0.6) is 0 Å². The minimum Gasteiger partial charge on any atom is -0.338 e.